The Morgan fingerprint density at radius 2 is 2.11 bits per heavy atom. The Bertz CT molecular complexity index is 541. The molecule has 0 spiro atoms. The van der Waals surface area contributed by atoms with Crippen LogP contribution in [-0.2, 0) is 11.3 Å². The zero-order valence-corrected chi connectivity index (χ0v) is 12.3. The van der Waals surface area contributed by atoms with Crippen LogP contribution in [0.5, 0.6) is 0 Å². The zero-order chi connectivity index (χ0) is 13.7. The number of nitrogens with zero attached hydrogens (tertiary/aromatic N) is 3. The first kappa shape index (κ1) is 14.0. The largest absolute Gasteiger partial charge is 0.383 e. The number of ether oxygens (including phenoxy) is 1. The SMILES string of the molecule is COCCNCc1nnc(-c2ccc(C)nc2C)s1. The Balaban J connectivity index is 2.04. The first-order chi connectivity index (χ1) is 9.20. The van der Waals surface area contributed by atoms with Crippen LogP contribution < -0.4 is 5.32 Å². The summed E-state index contributed by atoms with van der Waals surface area (Å²) >= 11 is 1.60. The Morgan fingerprint density at radius 3 is 2.84 bits per heavy atom. The molecule has 0 aliphatic carbocycles. The van der Waals surface area contributed by atoms with Gasteiger partial charge in [-0.05, 0) is 26.0 Å². The summed E-state index contributed by atoms with van der Waals surface area (Å²) in [5.41, 5.74) is 3.08. The van der Waals surface area contributed by atoms with Crippen LogP contribution in [0.15, 0.2) is 12.1 Å². The van der Waals surface area contributed by atoms with Crippen molar-refractivity contribution in [2.75, 3.05) is 20.3 Å². The van der Waals surface area contributed by atoms with Crippen molar-refractivity contribution in [3.8, 4) is 10.6 Å². The lowest BCUT2D eigenvalue weighted by Gasteiger charge is -2.01. The van der Waals surface area contributed by atoms with E-state index in [0.29, 0.717) is 6.61 Å². The number of pyridine rings is 1. The summed E-state index contributed by atoms with van der Waals surface area (Å²) in [6.45, 7) is 6.23. The first-order valence-electron chi connectivity index (χ1n) is 6.17. The van der Waals surface area contributed by atoms with Gasteiger partial charge in [0, 0.05) is 37.2 Å². The number of aryl methyl sites for hydroxylation is 2. The molecule has 2 rings (SSSR count). The molecule has 6 heteroatoms. The van der Waals surface area contributed by atoms with Gasteiger partial charge in [-0.25, -0.2) is 0 Å². The zero-order valence-electron chi connectivity index (χ0n) is 11.4. The van der Waals surface area contributed by atoms with Gasteiger partial charge < -0.3 is 10.1 Å². The van der Waals surface area contributed by atoms with Crippen LogP contribution >= 0.6 is 11.3 Å². The third-order valence-corrected chi connectivity index (χ3v) is 3.64. The second kappa shape index (κ2) is 6.70. The van der Waals surface area contributed by atoms with Gasteiger partial charge in [0.25, 0.3) is 0 Å². The van der Waals surface area contributed by atoms with Gasteiger partial charge in [0.05, 0.1) is 6.61 Å². The number of nitrogens with one attached hydrogen (secondary N) is 1. The highest BCUT2D eigenvalue weighted by Crippen LogP contribution is 2.25. The van der Waals surface area contributed by atoms with E-state index in [1.807, 2.05) is 19.9 Å². The molecule has 0 saturated heterocycles. The van der Waals surface area contributed by atoms with E-state index in [0.717, 1.165) is 40.1 Å². The number of methoxy groups -OCH3 is 1. The summed E-state index contributed by atoms with van der Waals surface area (Å²) < 4.78 is 4.98. The van der Waals surface area contributed by atoms with Crippen molar-refractivity contribution in [2.24, 2.45) is 0 Å². The fourth-order valence-electron chi connectivity index (χ4n) is 1.72. The second-order valence-corrected chi connectivity index (χ2v) is 5.32. The minimum absolute atomic E-state index is 0.701. The topological polar surface area (TPSA) is 59.9 Å². The molecule has 2 aromatic rings. The van der Waals surface area contributed by atoms with Gasteiger partial charge in [-0.3, -0.25) is 4.98 Å². The molecule has 0 aromatic carbocycles. The van der Waals surface area contributed by atoms with Crippen molar-refractivity contribution in [1.82, 2.24) is 20.5 Å². The lowest BCUT2D eigenvalue weighted by Crippen LogP contribution is -2.18. The number of hydrogen-bond acceptors (Lipinski definition) is 6. The fourth-order valence-corrected chi connectivity index (χ4v) is 2.60. The molecule has 0 aliphatic heterocycles. The highest BCUT2D eigenvalue weighted by atomic mass is 32.1. The summed E-state index contributed by atoms with van der Waals surface area (Å²) in [5, 5.41) is 13.6. The molecule has 2 heterocycles. The molecular weight excluding hydrogens is 260 g/mol. The molecule has 1 N–H and O–H groups in total. The number of hydrogen-bond donors (Lipinski definition) is 1. The smallest absolute Gasteiger partial charge is 0.149 e. The van der Waals surface area contributed by atoms with Gasteiger partial charge in [0.1, 0.15) is 10.0 Å². The molecule has 0 atom stereocenters. The summed E-state index contributed by atoms with van der Waals surface area (Å²) in [7, 11) is 1.69. The van der Waals surface area contributed by atoms with Gasteiger partial charge in [0.2, 0.25) is 0 Å². The first-order valence-corrected chi connectivity index (χ1v) is 6.99. The van der Waals surface area contributed by atoms with Gasteiger partial charge in [0.15, 0.2) is 0 Å². The fraction of sp³-hybridized carbons (Fsp3) is 0.462. The molecule has 2 aromatic heterocycles. The maximum absolute atomic E-state index is 4.98. The van der Waals surface area contributed by atoms with E-state index in [1.54, 1.807) is 18.4 Å². The minimum atomic E-state index is 0.701. The van der Waals surface area contributed by atoms with E-state index in [2.05, 4.69) is 26.6 Å². The molecule has 0 aliphatic rings. The summed E-state index contributed by atoms with van der Waals surface area (Å²) in [6, 6.07) is 4.06. The predicted octanol–water partition coefficient (Wildman–Crippen LogP) is 1.95. The third-order valence-electron chi connectivity index (χ3n) is 2.68. The lowest BCUT2D eigenvalue weighted by atomic mass is 10.2. The Labute approximate surface area is 117 Å². The summed E-state index contributed by atoms with van der Waals surface area (Å²) in [5.74, 6) is 0. The summed E-state index contributed by atoms with van der Waals surface area (Å²) in [4.78, 5) is 4.45. The van der Waals surface area contributed by atoms with Gasteiger partial charge in [-0.2, -0.15) is 0 Å². The molecule has 0 bridgehead atoms. The van der Waals surface area contributed by atoms with Crippen LogP contribution in [0.2, 0.25) is 0 Å². The maximum Gasteiger partial charge on any atom is 0.149 e. The molecule has 5 nitrogen and oxygen atoms in total. The normalized spacial score (nSPS) is 10.9. The maximum atomic E-state index is 4.98. The van der Waals surface area contributed by atoms with Crippen molar-refractivity contribution >= 4 is 11.3 Å². The van der Waals surface area contributed by atoms with E-state index in [1.165, 1.54) is 0 Å². The van der Waals surface area contributed by atoms with Crippen molar-refractivity contribution in [3.63, 3.8) is 0 Å². The van der Waals surface area contributed by atoms with Crippen LogP contribution in [0.3, 0.4) is 0 Å². The Kier molecular flexibility index (Phi) is 4.95. The van der Waals surface area contributed by atoms with Gasteiger partial charge in [-0.1, -0.05) is 11.3 Å². The molecule has 0 amide bonds. The van der Waals surface area contributed by atoms with Gasteiger partial charge in [-0.15, -0.1) is 10.2 Å². The van der Waals surface area contributed by atoms with Crippen LogP contribution in [0.25, 0.3) is 10.6 Å². The van der Waals surface area contributed by atoms with E-state index in [-0.39, 0.29) is 0 Å². The summed E-state index contributed by atoms with van der Waals surface area (Å²) in [6.07, 6.45) is 0. The van der Waals surface area contributed by atoms with E-state index in [9.17, 15) is 0 Å². The average Bonchev–Trinajstić information content (AvgIpc) is 2.83. The van der Waals surface area contributed by atoms with Crippen LogP contribution in [0.1, 0.15) is 16.4 Å². The monoisotopic (exact) mass is 278 g/mol. The molecule has 0 unspecified atom stereocenters. The van der Waals surface area contributed by atoms with Crippen LogP contribution in [-0.4, -0.2) is 35.4 Å². The quantitative estimate of drug-likeness (QED) is 0.818. The molecule has 102 valence electrons. The highest BCUT2D eigenvalue weighted by molar-refractivity contribution is 7.14. The highest BCUT2D eigenvalue weighted by Gasteiger charge is 2.09. The van der Waals surface area contributed by atoms with E-state index >= 15 is 0 Å². The third kappa shape index (κ3) is 3.79. The Hall–Kier alpha value is -1.37. The molecule has 0 saturated carbocycles. The molecule has 0 radical (unpaired) electrons. The predicted molar refractivity (Wildman–Crippen MR) is 76.2 cm³/mol. The average molecular weight is 278 g/mol. The minimum Gasteiger partial charge on any atom is -0.383 e. The molecular formula is C13H18N4OS. The van der Waals surface area contributed by atoms with Crippen molar-refractivity contribution in [2.45, 2.75) is 20.4 Å². The lowest BCUT2D eigenvalue weighted by molar-refractivity contribution is 0.199. The molecule has 19 heavy (non-hydrogen) atoms. The second-order valence-electron chi connectivity index (χ2n) is 4.26. The Morgan fingerprint density at radius 1 is 1.26 bits per heavy atom. The van der Waals surface area contributed by atoms with Crippen molar-refractivity contribution in [1.29, 1.82) is 0 Å². The van der Waals surface area contributed by atoms with Crippen LogP contribution in [0, 0.1) is 13.8 Å². The standard InChI is InChI=1S/C13H18N4OS/c1-9-4-5-11(10(2)15-9)13-17-16-12(19-13)8-14-6-7-18-3/h4-5,14H,6-8H2,1-3H3. The van der Waals surface area contributed by atoms with Crippen molar-refractivity contribution in [3.05, 3.63) is 28.5 Å². The van der Waals surface area contributed by atoms with Crippen LogP contribution in [0.4, 0.5) is 0 Å². The number of rotatable bonds is 6. The van der Waals surface area contributed by atoms with Gasteiger partial charge >= 0.3 is 0 Å². The van der Waals surface area contributed by atoms with E-state index in [4.69, 9.17) is 4.74 Å². The van der Waals surface area contributed by atoms with Crippen molar-refractivity contribution < 1.29 is 4.74 Å². The van der Waals surface area contributed by atoms with E-state index < -0.39 is 0 Å². The number of aromatic nitrogens is 3. The molecule has 0 fully saturated rings.